The zero-order valence-corrected chi connectivity index (χ0v) is 12.0. The van der Waals surface area contributed by atoms with E-state index >= 15 is 0 Å². The smallest absolute Gasteiger partial charge is 0.126 e. The molecule has 1 aromatic rings. The van der Waals surface area contributed by atoms with E-state index in [9.17, 15) is 4.39 Å². The minimum atomic E-state index is -0.170. The van der Waals surface area contributed by atoms with Crippen LogP contribution in [0.2, 0.25) is 0 Å². The van der Waals surface area contributed by atoms with Crippen molar-refractivity contribution < 1.29 is 9.13 Å². The minimum Gasteiger partial charge on any atom is -0.378 e. The molecule has 17 heavy (non-hydrogen) atoms. The van der Waals surface area contributed by atoms with Crippen LogP contribution in [0.4, 0.5) is 4.39 Å². The fourth-order valence-electron chi connectivity index (χ4n) is 2.33. The van der Waals surface area contributed by atoms with Crippen LogP contribution >= 0.6 is 27.5 Å². The third-order valence-corrected chi connectivity index (χ3v) is 4.67. The Hall–Kier alpha value is -0.120. The third kappa shape index (κ3) is 2.67. The monoisotopic (exact) mass is 320 g/mol. The Balaban J connectivity index is 2.27. The molecule has 4 heteroatoms. The van der Waals surface area contributed by atoms with Gasteiger partial charge in [-0.05, 0) is 43.5 Å². The molecule has 1 aliphatic heterocycles. The van der Waals surface area contributed by atoms with Crippen molar-refractivity contribution in [3.63, 3.8) is 0 Å². The van der Waals surface area contributed by atoms with Gasteiger partial charge in [0.1, 0.15) is 5.82 Å². The second kappa shape index (κ2) is 5.25. The lowest BCUT2D eigenvalue weighted by molar-refractivity contribution is 0.0732. The fraction of sp³-hybridized carbons (Fsp3) is 0.538. The van der Waals surface area contributed by atoms with Crippen LogP contribution in [-0.2, 0) is 11.2 Å². The number of alkyl halides is 1. The van der Waals surface area contributed by atoms with E-state index in [1.165, 1.54) is 6.07 Å². The molecule has 1 aliphatic rings. The van der Waals surface area contributed by atoms with E-state index < -0.39 is 0 Å². The standard InChI is InChI=1S/C13H15BrClFO/c1-9-13(8-15,4-5-17-9)7-10-6-11(14)2-3-12(10)16/h2-3,6,9H,4-5,7-8H2,1H3. The molecule has 0 radical (unpaired) electrons. The van der Waals surface area contributed by atoms with Crippen molar-refractivity contribution >= 4 is 27.5 Å². The molecule has 1 aromatic carbocycles. The number of rotatable bonds is 3. The number of hydrogen-bond acceptors (Lipinski definition) is 1. The zero-order chi connectivity index (χ0) is 12.5. The fourth-order valence-corrected chi connectivity index (χ4v) is 3.19. The molecule has 0 saturated carbocycles. The number of ether oxygens (including phenoxy) is 1. The first-order chi connectivity index (χ1) is 8.07. The average Bonchev–Trinajstić information content (AvgIpc) is 2.66. The van der Waals surface area contributed by atoms with Gasteiger partial charge in [-0.25, -0.2) is 4.39 Å². The maximum absolute atomic E-state index is 13.8. The highest BCUT2D eigenvalue weighted by Crippen LogP contribution is 2.40. The van der Waals surface area contributed by atoms with Crippen molar-refractivity contribution in [1.82, 2.24) is 0 Å². The number of hydrogen-bond donors (Lipinski definition) is 0. The van der Waals surface area contributed by atoms with Gasteiger partial charge in [0.25, 0.3) is 0 Å². The van der Waals surface area contributed by atoms with Gasteiger partial charge in [0.15, 0.2) is 0 Å². The van der Waals surface area contributed by atoms with E-state index in [1.54, 1.807) is 6.07 Å². The molecule has 1 heterocycles. The summed E-state index contributed by atoms with van der Waals surface area (Å²) >= 11 is 9.46. The molecule has 1 saturated heterocycles. The maximum atomic E-state index is 13.8. The van der Waals surface area contributed by atoms with Crippen LogP contribution in [0.1, 0.15) is 18.9 Å². The summed E-state index contributed by atoms with van der Waals surface area (Å²) < 4.78 is 20.2. The van der Waals surface area contributed by atoms with Crippen LogP contribution in [0, 0.1) is 11.2 Å². The van der Waals surface area contributed by atoms with Crippen molar-refractivity contribution in [3.05, 3.63) is 34.1 Å². The molecular weight excluding hydrogens is 306 g/mol. The van der Waals surface area contributed by atoms with Crippen molar-refractivity contribution in [2.45, 2.75) is 25.9 Å². The summed E-state index contributed by atoms with van der Waals surface area (Å²) in [5.41, 5.74) is 0.570. The largest absolute Gasteiger partial charge is 0.378 e. The van der Waals surface area contributed by atoms with Gasteiger partial charge in [-0.1, -0.05) is 15.9 Å². The molecule has 0 spiro atoms. The summed E-state index contributed by atoms with van der Waals surface area (Å²) in [6, 6.07) is 5.03. The maximum Gasteiger partial charge on any atom is 0.126 e. The Labute approximate surface area is 114 Å². The molecule has 0 aromatic heterocycles. The Morgan fingerprint density at radius 1 is 1.59 bits per heavy atom. The summed E-state index contributed by atoms with van der Waals surface area (Å²) in [4.78, 5) is 0. The normalized spacial score (nSPS) is 28.6. The molecule has 1 nitrogen and oxygen atoms in total. The Bertz CT molecular complexity index is 412. The van der Waals surface area contributed by atoms with Gasteiger partial charge in [-0.15, -0.1) is 11.6 Å². The first-order valence-corrected chi connectivity index (χ1v) is 7.02. The molecule has 2 unspecified atom stereocenters. The lowest BCUT2D eigenvalue weighted by Crippen LogP contribution is -2.33. The molecule has 0 amide bonds. The number of halogens is 3. The Kier molecular flexibility index (Phi) is 4.11. The summed E-state index contributed by atoms with van der Waals surface area (Å²) in [5, 5.41) is 0. The predicted molar refractivity (Wildman–Crippen MR) is 71.0 cm³/mol. The van der Waals surface area contributed by atoms with E-state index in [2.05, 4.69) is 15.9 Å². The van der Waals surface area contributed by atoms with Crippen LogP contribution in [0.5, 0.6) is 0 Å². The van der Waals surface area contributed by atoms with E-state index in [4.69, 9.17) is 16.3 Å². The highest BCUT2D eigenvalue weighted by atomic mass is 79.9. The highest BCUT2D eigenvalue weighted by Gasteiger charge is 2.41. The Morgan fingerprint density at radius 3 is 2.94 bits per heavy atom. The average molecular weight is 322 g/mol. The Morgan fingerprint density at radius 2 is 2.35 bits per heavy atom. The molecular formula is C13H15BrClFO. The second-order valence-corrected chi connectivity index (χ2v) is 5.85. The second-order valence-electron chi connectivity index (χ2n) is 4.67. The van der Waals surface area contributed by atoms with Crippen molar-refractivity contribution in [1.29, 1.82) is 0 Å². The third-order valence-electron chi connectivity index (χ3n) is 3.65. The predicted octanol–water partition coefficient (Wildman–Crippen LogP) is 4.16. The zero-order valence-electron chi connectivity index (χ0n) is 9.68. The highest BCUT2D eigenvalue weighted by molar-refractivity contribution is 9.10. The first kappa shape index (κ1) is 13.3. The van der Waals surface area contributed by atoms with Crippen LogP contribution in [0.25, 0.3) is 0 Å². The van der Waals surface area contributed by atoms with E-state index in [0.29, 0.717) is 24.5 Å². The van der Waals surface area contributed by atoms with Crippen molar-refractivity contribution in [2.24, 2.45) is 5.41 Å². The van der Waals surface area contributed by atoms with Crippen molar-refractivity contribution in [3.8, 4) is 0 Å². The van der Waals surface area contributed by atoms with Crippen LogP contribution in [-0.4, -0.2) is 18.6 Å². The summed E-state index contributed by atoms with van der Waals surface area (Å²) in [7, 11) is 0. The first-order valence-electron chi connectivity index (χ1n) is 5.69. The van der Waals surface area contributed by atoms with Gasteiger partial charge in [-0.2, -0.15) is 0 Å². The molecule has 94 valence electrons. The van der Waals surface area contributed by atoms with Crippen LogP contribution in [0.3, 0.4) is 0 Å². The molecule has 2 rings (SSSR count). The van der Waals surface area contributed by atoms with Crippen molar-refractivity contribution in [2.75, 3.05) is 12.5 Å². The summed E-state index contributed by atoms with van der Waals surface area (Å²) in [6.07, 6.45) is 1.60. The van der Waals surface area contributed by atoms with Crippen LogP contribution in [0.15, 0.2) is 22.7 Å². The topological polar surface area (TPSA) is 9.23 Å². The van der Waals surface area contributed by atoms with Gasteiger partial charge in [0.05, 0.1) is 6.10 Å². The summed E-state index contributed by atoms with van der Waals surface area (Å²) in [6.45, 7) is 2.73. The summed E-state index contributed by atoms with van der Waals surface area (Å²) in [5.74, 6) is 0.330. The lowest BCUT2D eigenvalue weighted by atomic mass is 9.78. The minimum absolute atomic E-state index is 0.0818. The SMILES string of the molecule is CC1OCCC1(CCl)Cc1cc(Br)ccc1F. The molecule has 0 N–H and O–H groups in total. The quantitative estimate of drug-likeness (QED) is 0.759. The van der Waals surface area contributed by atoms with Gasteiger partial charge in [-0.3, -0.25) is 0 Å². The van der Waals surface area contributed by atoms with Gasteiger partial charge in [0, 0.05) is 22.4 Å². The van der Waals surface area contributed by atoms with E-state index in [1.807, 2.05) is 13.0 Å². The van der Waals surface area contributed by atoms with Gasteiger partial charge >= 0.3 is 0 Å². The lowest BCUT2D eigenvalue weighted by Gasteiger charge is -2.30. The van der Waals surface area contributed by atoms with Crippen LogP contribution < -0.4 is 0 Å². The molecule has 0 bridgehead atoms. The van der Waals surface area contributed by atoms with Gasteiger partial charge in [0.2, 0.25) is 0 Å². The van der Waals surface area contributed by atoms with Gasteiger partial charge < -0.3 is 4.74 Å². The molecule has 0 aliphatic carbocycles. The number of benzene rings is 1. The molecule has 2 atom stereocenters. The van der Waals surface area contributed by atoms with E-state index in [0.717, 1.165) is 10.9 Å². The molecule has 1 fully saturated rings. The van der Waals surface area contributed by atoms with E-state index in [-0.39, 0.29) is 17.3 Å².